The van der Waals surface area contributed by atoms with Crippen molar-refractivity contribution in [2.75, 3.05) is 31.7 Å². The van der Waals surface area contributed by atoms with E-state index in [1.165, 1.54) is 6.42 Å². The summed E-state index contributed by atoms with van der Waals surface area (Å²) in [4.78, 5) is 10.3. The molecule has 2 heterocycles. The lowest BCUT2D eigenvalue weighted by Crippen LogP contribution is -2.31. The van der Waals surface area contributed by atoms with Crippen LogP contribution in [0.25, 0.3) is 0 Å². The molecule has 0 aromatic carbocycles. The van der Waals surface area contributed by atoms with Gasteiger partial charge in [-0.3, -0.25) is 0 Å². The molecule has 88 valence electrons. The number of aromatic nitrogens is 2. The SMILES string of the molecule is CN(CC1CCCOC1)c1nccnc1Cl. The summed E-state index contributed by atoms with van der Waals surface area (Å²) in [5.41, 5.74) is 0. The Balaban J connectivity index is 1.96. The number of nitrogens with zero attached hydrogens (tertiary/aromatic N) is 3. The zero-order valence-corrected chi connectivity index (χ0v) is 10.2. The molecular formula is C11H16ClN3O. The van der Waals surface area contributed by atoms with Crippen LogP contribution in [0.1, 0.15) is 12.8 Å². The van der Waals surface area contributed by atoms with E-state index < -0.39 is 0 Å². The Bertz CT molecular complexity index is 342. The van der Waals surface area contributed by atoms with Gasteiger partial charge in [-0.25, -0.2) is 9.97 Å². The van der Waals surface area contributed by atoms with E-state index in [9.17, 15) is 0 Å². The normalized spacial score (nSPS) is 20.8. The second-order valence-corrected chi connectivity index (χ2v) is 4.49. The summed E-state index contributed by atoms with van der Waals surface area (Å²) in [7, 11) is 1.99. The highest BCUT2D eigenvalue weighted by Crippen LogP contribution is 2.21. The zero-order valence-electron chi connectivity index (χ0n) is 9.40. The number of rotatable bonds is 3. The number of hydrogen-bond donors (Lipinski definition) is 0. The lowest BCUT2D eigenvalue weighted by atomic mass is 10.0. The van der Waals surface area contributed by atoms with Gasteiger partial charge in [-0.1, -0.05) is 11.6 Å². The van der Waals surface area contributed by atoms with Crippen molar-refractivity contribution in [3.63, 3.8) is 0 Å². The first-order chi connectivity index (χ1) is 7.77. The van der Waals surface area contributed by atoms with E-state index in [2.05, 4.69) is 14.9 Å². The van der Waals surface area contributed by atoms with Crippen molar-refractivity contribution in [1.82, 2.24) is 9.97 Å². The largest absolute Gasteiger partial charge is 0.381 e. The first-order valence-electron chi connectivity index (χ1n) is 5.53. The van der Waals surface area contributed by atoms with Gasteiger partial charge >= 0.3 is 0 Å². The first-order valence-corrected chi connectivity index (χ1v) is 5.90. The minimum atomic E-state index is 0.460. The molecule has 2 rings (SSSR count). The average molecular weight is 242 g/mol. The van der Waals surface area contributed by atoms with Gasteiger partial charge in [-0.2, -0.15) is 0 Å². The molecule has 0 amide bonds. The van der Waals surface area contributed by atoms with Gasteiger partial charge in [0.25, 0.3) is 0 Å². The smallest absolute Gasteiger partial charge is 0.171 e. The molecule has 0 aliphatic carbocycles. The Morgan fingerprint density at radius 2 is 2.31 bits per heavy atom. The molecule has 0 saturated carbocycles. The topological polar surface area (TPSA) is 38.2 Å². The fraction of sp³-hybridized carbons (Fsp3) is 0.636. The lowest BCUT2D eigenvalue weighted by Gasteiger charge is -2.27. The molecule has 0 bridgehead atoms. The molecule has 1 atom stereocenters. The van der Waals surface area contributed by atoms with Crippen LogP contribution in [0.2, 0.25) is 5.15 Å². The van der Waals surface area contributed by atoms with Gasteiger partial charge in [-0.05, 0) is 18.8 Å². The van der Waals surface area contributed by atoms with Crippen LogP contribution in [-0.2, 0) is 4.74 Å². The van der Waals surface area contributed by atoms with E-state index in [0.717, 1.165) is 32.0 Å². The molecule has 0 N–H and O–H groups in total. The number of halogens is 1. The van der Waals surface area contributed by atoms with E-state index in [4.69, 9.17) is 16.3 Å². The van der Waals surface area contributed by atoms with Crippen molar-refractivity contribution in [1.29, 1.82) is 0 Å². The quantitative estimate of drug-likeness (QED) is 0.811. The summed E-state index contributed by atoms with van der Waals surface area (Å²) in [5.74, 6) is 1.31. The van der Waals surface area contributed by atoms with Crippen LogP contribution in [0.15, 0.2) is 12.4 Å². The van der Waals surface area contributed by atoms with Crippen LogP contribution in [0, 0.1) is 5.92 Å². The van der Waals surface area contributed by atoms with Crippen molar-refractivity contribution in [2.45, 2.75) is 12.8 Å². The van der Waals surface area contributed by atoms with E-state index in [-0.39, 0.29) is 0 Å². The molecule has 0 spiro atoms. The van der Waals surface area contributed by atoms with Gasteiger partial charge in [0.1, 0.15) is 0 Å². The molecule has 4 nitrogen and oxygen atoms in total. The van der Waals surface area contributed by atoms with E-state index >= 15 is 0 Å². The lowest BCUT2D eigenvalue weighted by molar-refractivity contribution is 0.0576. The molecule has 1 aliphatic heterocycles. The van der Waals surface area contributed by atoms with Gasteiger partial charge in [0.15, 0.2) is 11.0 Å². The summed E-state index contributed by atoms with van der Waals surface area (Å²) in [6.07, 6.45) is 5.62. The van der Waals surface area contributed by atoms with E-state index in [1.54, 1.807) is 12.4 Å². The molecular weight excluding hydrogens is 226 g/mol. The van der Waals surface area contributed by atoms with Gasteiger partial charge in [-0.15, -0.1) is 0 Å². The minimum Gasteiger partial charge on any atom is -0.381 e. The highest BCUT2D eigenvalue weighted by atomic mass is 35.5. The van der Waals surface area contributed by atoms with Crippen LogP contribution < -0.4 is 4.90 Å². The third-order valence-corrected chi connectivity index (χ3v) is 3.05. The standard InChI is InChI=1S/C11H16ClN3O/c1-15(7-9-3-2-6-16-8-9)11-10(12)13-4-5-14-11/h4-5,9H,2-3,6-8H2,1H3. The predicted molar refractivity (Wildman–Crippen MR) is 63.9 cm³/mol. The number of ether oxygens (including phenoxy) is 1. The van der Waals surface area contributed by atoms with E-state index in [1.807, 2.05) is 7.05 Å². The third kappa shape index (κ3) is 2.83. The average Bonchev–Trinajstić information content (AvgIpc) is 2.31. The molecule has 1 unspecified atom stereocenters. The maximum absolute atomic E-state index is 5.99. The number of hydrogen-bond acceptors (Lipinski definition) is 4. The molecule has 1 aliphatic rings. The third-order valence-electron chi connectivity index (χ3n) is 2.78. The molecule has 1 fully saturated rings. The maximum atomic E-state index is 5.99. The molecule has 16 heavy (non-hydrogen) atoms. The summed E-state index contributed by atoms with van der Waals surface area (Å²) in [6.45, 7) is 2.65. The van der Waals surface area contributed by atoms with Gasteiger partial charge in [0, 0.05) is 32.6 Å². The zero-order chi connectivity index (χ0) is 11.4. The van der Waals surface area contributed by atoms with Crippen LogP contribution in [0.4, 0.5) is 5.82 Å². The second-order valence-electron chi connectivity index (χ2n) is 4.13. The molecule has 1 aromatic rings. The van der Waals surface area contributed by atoms with Crippen LogP contribution in [0.3, 0.4) is 0 Å². The summed E-state index contributed by atoms with van der Waals surface area (Å²) < 4.78 is 5.45. The molecule has 1 aromatic heterocycles. The summed E-state index contributed by atoms with van der Waals surface area (Å²) in [5, 5.41) is 0.460. The molecule has 0 radical (unpaired) electrons. The van der Waals surface area contributed by atoms with E-state index in [0.29, 0.717) is 11.1 Å². The van der Waals surface area contributed by atoms with Crippen LogP contribution >= 0.6 is 11.6 Å². The molecule has 1 saturated heterocycles. The van der Waals surface area contributed by atoms with Crippen molar-refractivity contribution in [3.05, 3.63) is 17.5 Å². The number of anilines is 1. The summed E-state index contributed by atoms with van der Waals surface area (Å²) >= 11 is 5.99. The van der Waals surface area contributed by atoms with Crippen LogP contribution in [0.5, 0.6) is 0 Å². The Morgan fingerprint density at radius 1 is 1.50 bits per heavy atom. The highest BCUT2D eigenvalue weighted by molar-refractivity contribution is 6.31. The van der Waals surface area contributed by atoms with Gasteiger partial charge in [0.2, 0.25) is 0 Å². The Kier molecular flexibility index (Phi) is 3.96. The van der Waals surface area contributed by atoms with Crippen molar-refractivity contribution < 1.29 is 4.74 Å². The fourth-order valence-electron chi connectivity index (χ4n) is 1.99. The fourth-order valence-corrected chi connectivity index (χ4v) is 2.24. The maximum Gasteiger partial charge on any atom is 0.171 e. The minimum absolute atomic E-state index is 0.460. The van der Waals surface area contributed by atoms with Crippen molar-refractivity contribution in [2.24, 2.45) is 5.92 Å². The monoisotopic (exact) mass is 241 g/mol. The predicted octanol–water partition coefficient (Wildman–Crippen LogP) is 1.99. The Labute approximate surface area is 101 Å². The van der Waals surface area contributed by atoms with Gasteiger partial charge < -0.3 is 9.64 Å². The molecule has 5 heteroatoms. The van der Waals surface area contributed by atoms with Gasteiger partial charge in [0.05, 0.1) is 6.61 Å². The van der Waals surface area contributed by atoms with Crippen molar-refractivity contribution >= 4 is 17.4 Å². The summed E-state index contributed by atoms with van der Waals surface area (Å²) in [6, 6.07) is 0. The Morgan fingerprint density at radius 3 is 3.00 bits per heavy atom. The van der Waals surface area contributed by atoms with Crippen LogP contribution in [-0.4, -0.2) is 36.8 Å². The Hall–Kier alpha value is -0.870. The van der Waals surface area contributed by atoms with Crippen molar-refractivity contribution in [3.8, 4) is 0 Å². The second kappa shape index (κ2) is 5.46. The highest BCUT2D eigenvalue weighted by Gasteiger charge is 2.17. The first kappa shape index (κ1) is 11.6.